The van der Waals surface area contributed by atoms with Gasteiger partial charge < -0.3 is 15.4 Å². The second kappa shape index (κ2) is 8.30. The summed E-state index contributed by atoms with van der Waals surface area (Å²) in [7, 11) is 1.65. The van der Waals surface area contributed by atoms with E-state index in [0.29, 0.717) is 35.4 Å². The van der Waals surface area contributed by atoms with Gasteiger partial charge in [0.05, 0.1) is 18.0 Å². The number of benzene rings is 1. The van der Waals surface area contributed by atoms with Crippen LogP contribution in [0.25, 0.3) is 11.4 Å². The molecule has 7 nitrogen and oxygen atoms in total. The van der Waals surface area contributed by atoms with Crippen molar-refractivity contribution < 1.29 is 9.13 Å². The molecule has 0 aliphatic rings. The molecule has 1 aromatic carbocycles. The lowest BCUT2D eigenvalue weighted by Crippen LogP contribution is -2.21. The van der Waals surface area contributed by atoms with Crippen LogP contribution in [0.5, 0.6) is 0 Å². The molecule has 2 N–H and O–H groups in total. The number of nitrogens with one attached hydrogen (secondary N) is 2. The maximum absolute atomic E-state index is 13.3. The van der Waals surface area contributed by atoms with E-state index in [1.54, 1.807) is 37.6 Å². The number of rotatable bonds is 7. The van der Waals surface area contributed by atoms with E-state index in [-0.39, 0.29) is 11.9 Å². The fraction of sp³-hybridized carbons (Fsp3) is 0.222. The van der Waals surface area contributed by atoms with E-state index in [0.717, 1.165) is 0 Å². The average molecular weight is 354 g/mol. The van der Waals surface area contributed by atoms with Gasteiger partial charge in [0.1, 0.15) is 18.0 Å². The summed E-state index contributed by atoms with van der Waals surface area (Å²) in [5.41, 5.74) is 1.85. The molecule has 0 aliphatic heterocycles. The van der Waals surface area contributed by atoms with E-state index in [1.165, 1.54) is 18.5 Å². The van der Waals surface area contributed by atoms with Crippen LogP contribution in [0.1, 0.15) is 6.92 Å². The van der Waals surface area contributed by atoms with Crippen LogP contribution in [0.3, 0.4) is 0 Å². The molecule has 0 radical (unpaired) electrons. The lowest BCUT2D eigenvalue weighted by molar-refractivity contribution is 0.190. The van der Waals surface area contributed by atoms with Gasteiger partial charge in [-0.1, -0.05) is 6.07 Å². The van der Waals surface area contributed by atoms with Gasteiger partial charge in [-0.05, 0) is 31.2 Å². The van der Waals surface area contributed by atoms with Crippen LogP contribution in [0, 0.1) is 5.82 Å². The quantitative estimate of drug-likeness (QED) is 0.673. The minimum absolute atomic E-state index is 0.110. The molecule has 0 aliphatic carbocycles. The first-order valence-corrected chi connectivity index (χ1v) is 8.07. The van der Waals surface area contributed by atoms with E-state index in [4.69, 9.17) is 4.74 Å². The molecule has 1 atom stereocenters. The second-order valence-electron chi connectivity index (χ2n) is 5.69. The number of hydrogen-bond donors (Lipinski definition) is 2. The van der Waals surface area contributed by atoms with Gasteiger partial charge in [-0.25, -0.2) is 24.3 Å². The number of nitrogens with zero attached hydrogens (tertiary/aromatic N) is 4. The molecule has 0 fully saturated rings. The topological polar surface area (TPSA) is 84.9 Å². The fourth-order valence-corrected chi connectivity index (χ4v) is 2.38. The first-order valence-electron chi connectivity index (χ1n) is 8.07. The summed E-state index contributed by atoms with van der Waals surface area (Å²) < 4.78 is 18.4. The maximum Gasteiger partial charge on any atom is 0.227 e. The molecular formula is C18H19FN6O. The van der Waals surface area contributed by atoms with Crippen molar-refractivity contribution in [2.75, 3.05) is 24.4 Å². The minimum Gasteiger partial charge on any atom is -0.383 e. The van der Waals surface area contributed by atoms with Crippen LogP contribution < -0.4 is 10.6 Å². The molecule has 0 bridgehead atoms. The first-order chi connectivity index (χ1) is 12.6. The molecule has 3 aromatic rings. The standard InChI is InChI=1S/C18H19FN6O/c1-12(10-26-2)23-17-9-16(21-11-22-17)15-6-7-20-18(25-15)24-14-5-3-4-13(19)8-14/h3-9,11-12H,10H2,1-2H3,(H,20,24,25)(H,21,22,23). The van der Waals surface area contributed by atoms with Crippen molar-refractivity contribution in [2.45, 2.75) is 13.0 Å². The van der Waals surface area contributed by atoms with Gasteiger partial charge in [0.2, 0.25) is 5.95 Å². The molecule has 3 rings (SSSR count). The normalized spacial score (nSPS) is 11.8. The van der Waals surface area contributed by atoms with E-state index >= 15 is 0 Å². The lowest BCUT2D eigenvalue weighted by atomic mass is 10.2. The predicted octanol–water partition coefficient (Wildman–Crippen LogP) is 3.26. The largest absolute Gasteiger partial charge is 0.383 e. The van der Waals surface area contributed by atoms with Gasteiger partial charge in [0.25, 0.3) is 0 Å². The Bertz CT molecular complexity index is 876. The molecule has 0 saturated heterocycles. The molecule has 26 heavy (non-hydrogen) atoms. The maximum atomic E-state index is 13.3. The summed E-state index contributed by atoms with van der Waals surface area (Å²) in [5, 5.41) is 6.22. The molecule has 134 valence electrons. The highest BCUT2D eigenvalue weighted by Crippen LogP contribution is 2.20. The van der Waals surface area contributed by atoms with Crippen LogP contribution in [-0.4, -0.2) is 39.7 Å². The number of ether oxygens (including phenoxy) is 1. The van der Waals surface area contributed by atoms with Gasteiger partial charge in [-0.2, -0.15) is 0 Å². The van der Waals surface area contributed by atoms with Crippen molar-refractivity contribution in [3.63, 3.8) is 0 Å². The summed E-state index contributed by atoms with van der Waals surface area (Å²) >= 11 is 0. The van der Waals surface area contributed by atoms with Gasteiger partial charge in [-0.15, -0.1) is 0 Å². The Morgan fingerprint density at radius 2 is 2.00 bits per heavy atom. The molecular weight excluding hydrogens is 335 g/mol. The summed E-state index contributed by atoms with van der Waals surface area (Å²) in [6.07, 6.45) is 3.09. The molecule has 0 spiro atoms. The Hall–Kier alpha value is -3.13. The number of aromatic nitrogens is 4. The zero-order chi connectivity index (χ0) is 18.4. The summed E-state index contributed by atoms with van der Waals surface area (Å²) in [4.78, 5) is 17.1. The number of anilines is 3. The number of methoxy groups -OCH3 is 1. The third-order valence-electron chi connectivity index (χ3n) is 3.48. The Kier molecular flexibility index (Phi) is 5.65. The minimum atomic E-state index is -0.331. The average Bonchev–Trinajstić information content (AvgIpc) is 2.62. The summed E-state index contributed by atoms with van der Waals surface area (Å²) in [6.45, 7) is 2.56. The van der Waals surface area contributed by atoms with Crippen molar-refractivity contribution in [3.05, 3.63) is 54.7 Å². The fourth-order valence-electron chi connectivity index (χ4n) is 2.38. The van der Waals surface area contributed by atoms with Crippen LogP contribution in [-0.2, 0) is 4.74 Å². The number of hydrogen-bond acceptors (Lipinski definition) is 7. The van der Waals surface area contributed by atoms with Crippen molar-refractivity contribution in [3.8, 4) is 11.4 Å². The third kappa shape index (κ3) is 4.70. The molecule has 2 aromatic heterocycles. The molecule has 2 heterocycles. The van der Waals surface area contributed by atoms with Crippen molar-refractivity contribution in [1.29, 1.82) is 0 Å². The first kappa shape index (κ1) is 17.7. The van der Waals surface area contributed by atoms with Crippen molar-refractivity contribution in [1.82, 2.24) is 19.9 Å². The molecule has 1 unspecified atom stereocenters. The van der Waals surface area contributed by atoms with E-state index in [9.17, 15) is 4.39 Å². The monoisotopic (exact) mass is 354 g/mol. The third-order valence-corrected chi connectivity index (χ3v) is 3.48. The van der Waals surface area contributed by atoms with Gasteiger partial charge >= 0.3 is 0 Å². The van der Waals surface area contributed by atoms with Crippen LogP contribution >= 0.6 is 0 Å². The highest BCUT2D eigenvalue weighted by molar-refractivity contribution is 5.61. The summed E-state index contributed by atoms with van der Waals surface area (Å²) in [6, 6.07) is 9.77. The smallest absolute Gasteiger partial charge is 0.227 e. The zero-order valence-electron chi connectivity index (χ0n) is 14.5. The van der Waals surface area contributed by atoms with E-state index in [1.807, 2.05) is 6.92 Å². The SMILES string of the molecule is COCC(C)Nc1cc(-c2ccnc(Nc3cccc(F)c3)n2)ncn1. The van der Waals surface area contributed by atoms with E-state index in [2.05, 4.69) is 30.6 Å². The molecule has 0 saturated carbocycles. The highest BCUT2D eigenvalue weighted by Gasteiger charge is 2.08. The number of halogens is 1. The van der Waals surface area contributed by atoms with Gasteiger partial charge in [0, 0.05) is 31.1 Å². The molecule has 8 heteroatoms. The highest BCUT2D eigenvalue weighted by atomic mass is 19.1. The Balaban J connectivity index is 1.79. The van der Waals surface area contributed by atoms with Crippen LogP contribution in [0.4, 0.5) is 21.8 Å². The van der Waals surface area contributed by atoms with Gasteiger partial charge in [-0.3, -0.25) is 0 Å². The second-order valence-corrected chi connectivity index (χ2v) is 5.69. The zero-order valence-corrected chi connectivity index (χ0v) is 14.5. The predicted molar refractivity (Wildman–Crippen MR) is 97.7 cm³/mol. The summed E-state index contributed by atoms with van der Waals surface area (Å²) in [5.74, 6) is 0.703. The lowest BCUT2D eigenvalue weighted by Gasteiger charge is -2.13. The Labute approximate surface area is 150 Å². The van der Waals surface area contributed by atoms with Gasteiger partial charge in [0.15, 0.2) is 0 Å². The van der Waals surface area contributed by atoms with Crippen molar-refractivity contribution >= 4 is 17.5 Å². The Morgan fingerprint density at radius 3 is 2.81 bits per heavy atom. The van der Waals surface area contributed by atoms with E-state index < -0.39 is 0 Å². The Morgan fingerprint density at radius 1 is 1.12 bits per heavy atom. The van der Waals surface area contributed by atoms with Crippen molar-refractivity contribution in [2.24, 2.45) is 0 Å². The van der Waals surface area contributed by atoms with Crippen LogP contribution in [0.2, 0.25) is 0 Å². The molecule has 0 amide bonds. The van der Waals surface area contributed by atoms with Crippen LogP contribution in [0.15, 0.2) is 48.9 Å².